The number of halogens is 1. The Morgan fingerprint density at radius 1 is 0.949 bits per heavy atom. The van der Waals surface area contributed by atoms with Crippen LogP contribution in [0.4, 0.5) is 10.1 Å². The van der Waals surface area contributed by atoms with Gasteiger partial charge in [0.15, 0.2) is 0 Å². The first-order chi connectivity index (χ1) is 18.6. The molecule has 2 amide bonds. The second-order valence-corrected chi connectivity index (χ2v) is 11.8. The van der Waals surface area contributed by atoms with Crippen LogP contribution in [-0.2, 0) is 26.2 Å². The topological polar surface area (TPSA) is 86.8 Å². The maximum atomic E-state index is 13.9. The Morgan fingerprint density at radius 2 is 1.56 bits per heavy atom. The maximum absolute atomic E-state index is 13.9. The second-order valence-electron chi connectivity index (χ2n) is 9.97. The average molecular weight is 552 g/mol. The van der Waals surface area contributed by atoms with Crippen LogP contribution in [-0.4, -0.2) is 43.8 Å². The molecular formula is C30H34FN3O4S. The molecular weight excluding hydrogens is 517 g/mol. The highest BCUT2D eigenvalue weighted by molar-refractivity contribution is 7.92. The molecule has 3 aromatic carbocycles. The number of hydrogen-bond donors (Lipinski definition) is 1. The lowest BCUT2D eigenvalue weighted by Gasteiger charge is -2.32. The predicted molar refractivity (Wildman–Crippen MR) is 149 cm³/mol. The van der Waals surface area contributed by atoms with Gasteiger partial charge in [0.2, 0.25) is 11.8 Å². The van der Waals surface area contributed by atoms with E-state index < -0.39 is 34.3 Å². The fourth-order valence-electron chi connectivity index (χ4n) is 4.72. The number of anilines is 1. The number of carbonyl (C=O) groups excluding carboxylic acids is 2. The molecule has 0 radical (unpaired) electrons. The van der Waals surface area contributed by atoms with Crippen molar-refractivity contribution in [1.29, 1.82) is 0 Å². The van der Waals surface area contributed by atoms with Gasteiger partial charge in [0, 0.05) is 12.6 Å². The SMILES string of the molecule is Cc1ccc(S(=O)(=O)N(CC(=O)N(Cc2ccc(F)cc2)[C@H](C)C(=O)NC2CCCC2)c2ccccc2)cc1. The quantitative estimate of drug-likeness (QED) is 0.392. The van der Waals surface area contributed by atoms with Crippen LogP contribution in [0.3, 0.4) is 0 Å². The largest absolute Gasteiger partial charge is 0.352 e. The Hall–Kier alpha value is -3.72. The number of benzene rings is 3. The third-order valence-corrected chi connectivity index (χ3v) is 8.86. The zero-order valence-corrected chi connectivity index (χ0v) is 23.0. The Labute approximate surface area is 229 Å². The number of para-hydroxylation sites is 1. The van der Waals surface area contributed by atoms with Gasteiger partial charge in [-0.1, -0.05) is 60.9 Å². The van der Waals surface area contributed by atoms with Gasteiger partial charge in [-0.3, -0.25) is 13.9 Å². The van der Waals surface area contributed by atoms with Crippen molar-refractivity contribution in [2.75, 3.05) is 10.8 Å². The molecule has 7 nitrogen and oxygen atoms in total. The van der Waals surface area contributed by atoms with Crippen LogP contribution in [0.2, 0.25) is 0 Å². The van der Waals surface area contributed by atoms with E-state index in [-0.39, 0.29) is 23.4 Å². The van der Waals surface area contributed by atoms with Crippen LogP contribution in [0.15, 0.2) is 83.8 Å². The van der Waals surface area contributed by atoms with E-state index >= 15 is 0 Å². The van der Waals surface area contributed by atoms with E-state index in [9.17, 15) is 22.4 Å². The van der Waals surface area contributed by atoms with Gasteiger partial charge in [-0.05, 0) is 68.7 Å². The smallest absolute Gasteiger partial charge is 0.264 e. The fraction of sp³-hybridized carbons (Fsp3) is 0.333. The summed E-state index contributed by atoms with van der Waals surface area (Å²) < 4.78 is 42.2. The molecule has 4 rings (SSSR count). The fourth-order valence-corrected chi connectivity index (χ4v) is 6.14. The molecule has 1 aliphatic rings. The standard InChI is InChI=1S/C30H34FN3O4S/c1-22-12-18-28(19-13-22)39(37,38)34(27-10-4-3-5-11-27)21-29(35)33(20-24-14-16-25(31)17-15-24)23(2)30(36)32-26-8-6-7-9-26/h3-5,10-19,23,26H,6-9,20-21H2,1-2H3,(H,32,36)/t23-/m1/s1. The van der Waals surface area contributed by atoms with Gasteiger partial charge in [0.25, 0.3) is 10.0 Å². The lowest BCUT2D eigenvalue weighted by atomic mass is 10.1. The summed E-state index contributed by atoms with van der Waals surface area (Å²) in [6.07, 6.45) is 3.86. The van der Waals surface area contributed by atoms with Crippen molar-refractivity contribution in [1.82, 2.24) is 10.2 Å². The molecule has 0 unspecified atom stereocenters. The van der Waals surface area contributed by atoms with Gasteiger partial charge >= 0.3 is 0 Å². The van der Waals surface area contributed by atoms with Crippen LogP contribution in [0.5, 0.6) is 0 Å². The van der Waals surface area contributed by atoms with E-state index in [0.29, 0.717) is 11.3 Å². The number of nitrogens with one attached hydrogen (secondary N) is 1. The highest BCUT2D eigenvalue weighted by atomic mass is 32.2. The van der Waals surface area contributed by atoms with E-state index in [0.717, 1.165) is 35.6 Å². The van der Waals surface area contributed by atoms with Crippen LogP contribution in [0.1, 0.15) is 43.7 Å². The molecule has 0 spiro atoms. The molecule has 0 aliphatic heterocycles. The summed E-state index contributed by atoms with van der Waals surface area (Å²) in [5, 5.41) is 3.03. The highest BCUT2D eigenvalue weighted by Gasteiger charge is 2.33. The third kappa shape index (κ3) is 7.03. The number of carbonyl (C=O) groups is 2. The summed E-state index contributed by atoms with van der Waals surface area (Å²) in [5.41, 5.74) is 1.86. The summed E-state index contributed by atoms with van der Waals surface area (Å²) >= 11 is 0. The Balaban J connectivity index is 1.66. The number of rotatable bonds is 10. The van der Waals surface area contributed by atoms with E-state index in [2.05, 4.69) is 5.32 Å². The molecule has 1 aliphatic carbocycles. The van der Waals surface area contributed by atoms with Gasteiger partial charge < -0.3 is 10.2 Å². The zero-order chi connectivity index (χ0) is 28.0. The van der Waals surface area contributed by atoms with Gasteiger partial charge in [0.05, 0.1) is 10.6 Å². The molecule has 9 heteroatoms. The minimum atomic E-state index is -4.11. The summed E-state index contributed by atoms with van der Waals surface area (Å²) in [4.78, 5) is 28.5. The summed E-state index contributed by atoms with van der Waals surface area (Å²) in [7, 11) is -4.11. The maximum Gasteiger partial charge on any atom is 0.264 e. The van der Waals surface area contributed by atoms with Crippen molar-refractivity contribution in [2.24, 2.45) is 0 Å². The van der Waals surface area contributed by atoms with Crippen molar-refractivity contribution in [2.45, 2.75) is 63.1 Å². The van der Waals surface area contributed by atoms with Crippen LogP contribution >= 0.6 is 0 Å². The number of amides is 2. The molecule has 1 fully saturated rings. The van der Waals surface area contributed by atoms with E-state index in [4.69, 9.17) is 0 Å². The number of nitrogens with zero attached hydrogens (tertiary/aromatic N) is 2. The average Bonchev–Trinajstić information content (AvgIpc) is 3.44. The summed E-state index contributed by atoms with van der Waals surface area (Å²) in [5.74, 6) is -1.26. The molecule has 1 N–H and O–H groups in total. The molecule has 0 saturated heterocycles. The number of sulfonamides is 1. The van der Waals surface area contributed by atoms with Crippen LogP contribution in [0, 0.1) is 12.7 Å². The monoisotopic (exact) mass is 551 g/mol. The highest BCUT2D eigenvalue weighted by Crippen LogP contribution is 2.25. The lowest BCUT2D eigenvalue weighted by Crippen LogP contribution is -2.52. The molecule has 1 atom stereocenters. The Kier molecular flexibility index (Phi) is 9.01. The van der Waals surface area contributed by atoms with Crippen molar-refractivity contribution in [3.05, 3.63) is 95.8 Å². The van der Waals surface area contributed by atoms with Crippen molar-refractivity contribution in [3.8, 4) is 0 Å². The van der Waals surface area contributed by atoms with Crippen molar-refractivity contribution >= 4 is 27.5 Å². The van der Waals surface area contributed by atoms with E-state index in [1.165, 1.54) is 29.2 Å². The second kappa shape index (κ2) is 12.4. The van der Waals surface area contributed by atoms with Gasteiger partial charge in [-0.2, -0.15) is 0 Å². The lowest BCUT2D eigenvalue weighted by molar-refractivity contribution is -0.139. The third-order valence-electron chi connectivity index (χ3n) is 7.07. The van der Waals surface area contributed by atoms with Crippen molar-refractivity contribution in [3.63, 3.8) is 0 Å². The number of aryl methyl sites for hydroxylation is 1. The molecule has 39 heavy (non-hydrogen) atoms. The number of hydrogen-bond acceptors (Lipinski definition) is 4. The molecule has 206 valence electrons. The minimum absolute atomic E-state index is 0.0194. The molecule has 3 aromatic rings. The molecule has 0 aromatic heterocycles. The van der Waals surface area contributed by atoms with Crippen LogP contribution in [0.25, 0.3) is 0 Å². The predicted octanol–water partition coefficient (Wildman–Crippen LogP) is 4.81. The van der Waals surface area contributed by atoms with Gasteiger partial charge in [-0.25, -0.2) is 12.8 Å². The van der Waals surface area contributed by atoms with Gasteiger partial charge in [0.1, 0.15) is 18.4 Å². The minimum Gasteiger partial charge on any atom is -0.352 e. The van der Waals surface area contributed by atoms with Gasteiger partial charge in [-0.15, -0.1) is 0 Å². The summed E-state index contributed by atoms with van der Waals surface area (Å²) in [6, 6.07) is 19.7. The Morgan fingerprint density at radius 3 is 2.18 bits per heavy atom. The van der Waals surface area contributed by atoms with Crippen molar-refractivity contribution < 1.29 is 22.4 Å². The van der Waals surface area contributed by atoms with Crippen LogP contribution < -0.4 is 9.62 Å². The molecule has 0 bridgehead atoms. The first kappa shape index (κ1) is 28.3. The summed E-state index contributed by atoms with van der Waals surface area (Å²) in [6.45, 7) is 3.00. The molecule has 0 heterocycles. The zero-order valence-electron chi connectivity index (χ0n) is 22.2. The first-order valence-corrected chi connectivity index (χ1v) is 14.6. The molecule has 1 saturated carbocycles. The normalized spacial score (nSPS) is 14.5. The van der Waals surface area contributed by atoms with E-state index in [1.807, 2.05) is 6.92 Å². The Bertz CT molecular complexity index is 1370. The first-order valence-electron chi connectivity index (χ1n) is 13.1. The van der Waals surface area contributed by atoms with E-state index in [1.54, 1.807) is 61.5 Å².